The summed E-state index contributed by atoms with van der Waals surface area (Å²) in [6, 6.07) is 6.27. The third kappa shape index (κ3) is 9.47. The molecule has 29 heavy (non-hydrogen) atoms. The minimum atomic E-state index is 0. The van der Waals surface area contributed by atoms with Crippen molar-refractivity contribution in [3.05, 3.63) is 41.0 Å². The Labute approximate surface area is 191 Å². The minimum Gasteiger partial charge on any atom is -0.493 e. The van der Waals surface area contributed by atoms with Gasteiger partial charge in [0, 0.05) is 12.1 Å². The van der Waals surface area contributed by atoms with Gasteiger partial charge in [-0.1, -0.05) is 43.5 Å². The van der Waals surface area contributed by atoms with Gasteiger partial charge >= 0.3 is 0 Å². The van der Waals surface area contributed by atoms with Gasteiger partial charge in [-0.05, 0) is 38.8 Å². The average Bonchev–Trinajstić information content (AvgIpc) is 3.10. The molecule has 0 fully saturated rings. The van der Waals surface area contributed by atoms with Gasteiger partial charge in [0.2, 0.25) is 5.89 Å². The van der Waals surface area contributed by atoms with Gasteiger partial charge < -0.3 is 19.9 Å². The number of nitrogens with zero attached hydrogens (tertiary/aromatic N) is 3. The van der Waals surface area contributed by atoms with Gasteiger partial charge in [0.25, 0.3) is 0 Å². The third-order valence-corrected chi connectivity index (χ3v) is 4.21. The summed E-state index contributed by atoms with van der Waals surface area (Å²) in [6.07, 6.45) is 4.77. The van der Waals surface area contributed by atoms with Crippen molar-refractivity contribution in [3.8, 4) is 5.75 Å². The predicted octanol–water partition coefficient (Wildman–Crippen LogP) is 4.52. The summed E-state index contributed by atoms with van der Waals surface area (Å²) < 4.78 is 11.2. The van der Waals surface area contributed by atoms with E-state index in [1.165, 1.54) is 24.8 Å². The summed E-state index contributed by atoms with van der Waals surface area (Å²) in [5.74, 6) is 2.78. The fourth-order valence-electron chi connectivity index (χ4n) is 2.71. The first-order valence-electron chi connectivity index (χ1n) is 10.2. The average molecular weight is 515 g/mol. The Morgan fingerprint density at radius 1 is 1.14 bits per heavy atom. The van der Waals surface area contributed by atoms with E-state index in [4.69, 9.17) is 9.26 Å². The molecule has 1 aromatic carbocycles. The van der Waals surface area contributed by atoms with Gasteiger partial charge in [0.1, 0.15) is 5.75 Å². The van der Waals surface area contributed by atoms with Crippen molar-refractivity contribution >= 4 is 29.9 Å². The highest BCUT2D eigenvalue weighted by molar-refractivity contribution is 14.0. The molecule has 0 aliphatic heterocycles. The first-order valence-corrected chi connectivity index (χ1v) is 10.2. The van der Waals surface area contributed by atoms with Gasteiger partial charge in [-0.25, -0.2) is 4.99 Å². The smallest absolute Gasteiger partial charge is 0.246 e. The molecule has 2 rings (SSSR count). The molecule has 0 aliphatic rings. The Kier molecular flexibility index (Phi) is 12.3. The van der Waals surface area contributed by atoms with Gasteiger partial charge in [-0.15, -0.1) is 24.0 Å². The zero-order valence-electron chi connectivity index (χ0n) is 18.0. The SMILES string of the molecule is CCCCCCOc1cc(C)ccc1CN=C(NCC)NCc1nc(C)no1.I. The molecule has 0 bridgehead atoms. The van der Waals surface area contributed by atoms with E-state index in [0.29, 0.717) is 30.8 Å². The summed E-state index contributed by atoms with van der Waals surface area (Å²) in [5, 5.41) is 10.3. The molecule has 0 amide bonds. The lowest BCUT2D eigenvalue weighted by molar-refractivity contribution is 0.302. The van der Waals surface area contributed by atoms with E-state index < -0.39 is 0 Å². The quantitative estimate of drug-likeness (QED) is 0.198. The number of aryl methyl sites for hydroxylation is 2. The van der Waals surface area contributed by atoms with Crippen molar-refractivity contribution in [2.45, 2.75) is 66.5 Å². The van der Waals surface area contributed by atoms with Crippen molar-refractivity contribution in [2.75, 3.05) is 13.2 Å². The molecule has 7 nitrogen and oxygen atoms in total. The molecule has 162 valence electrons. The monoisotopic (exact) mass is 515 g/mol. The fraction of sp³-hybridized carbons (Fsp3) is 0.571. The van der Waals surface area contributed by atoms with E-state index >= 15 is 0 Å². The lowest BCUT2D eigenvalue weighted by Gasteiger charge is -2.13. The topological polar surface area (TPSA) is 84.6 Å². The normalized spacial score (nSPS) is 11.1. The Hall–Kier alpha value is -1.84. The van der Waals surface area contributed by atoms with Crippen LogP contribution in [0.3, 0.4) is 0 Å². The highest BCUT2D eigenvalue weighted by atomic mass is 127. The molecule has 8 heteroatoms. The van der Waals surface area contributed by atoms with E-state index in [1.807, 2.05) is 6.92 Å². The van der Waals surface area contributed by atoms with Crippen LogP contribution in [0.5, 0.6) is 5.75 Å². The predicted molar refractivity (Wildman–Crippen MR) is 127 cm³/mol. The molecule has 0 spiro atoms. The van der Waals surface area contributed by atoms with Crippen molar-refractivity contribution in [1.82, 2.24) is 20.8 Å². The highest BCUT2D eigenvalue weighted by Gasteiger charge is 2.07. The van der Waals surface area contributed by atoms with Crippen LogP contribution in [0.2, 0.25) is 0 Å². The fourth-order valence-corrected chi connectivity index (χ4v) is 2.71. The standard InChI is InChI=1S/C21H33N5O2.HI/c1-5-7-8-9-12-27-19-13-16(3)10-11-18(19)14-23-21(22-6-2)24-15-20-25-17(4)26-28-20;/h10-11,13H,5-9,12,14-15H2,1-4H3,(H2,22,23,24);1H. The molecule has 0 saturated carbocycles. The number of halogens is 1. The van der Waals surface area contributed by atoms with Crippen LogP contribution in [0.4, 0.5) is 0 Å². The van der Waals surface area contributed by atoms with Crippen LogP contribution in [0, 0.1) is 13.8 Å². The summed E-state index contributed by atoms with van der Waals surface area (Å²) in [7, 11) is 0. The summed E-state index contributed by atoms with van der Waals surface area (Å²) in [4.78, 5) is 8.87. The molecule has 2 N–H and O–H groups in total. The van der Waals surface area contributed by atoms with Gasteiger partial charge in [0.15, 0.2) is 11.8 Å². The molecule has 0 unspecified atom stereocenters. The number of rotatable bonds is 11. The number of guanidine groups is 1. The molecule has 2 aromatic rings. The second-order valence-corrected chi connectivity index (χ2v) is 6.80. The van der Waals surface area contributed by atoms with Crippen LogP contribution < -0.4 is 15.4 Å². The maximum Gasteiger partial charge on any atom is 0.246 e. The number of benzene rings is 1. The van der Waals surface area contributed by atoms with Crippen molar-refractivity contribution in [3.63, 3.8) is 0 Å². The zero-order valence-corrected chi connectivity index (χ0v) is 20.3. The number of hydrogen-bond acceptors (Lipinski definition) is 5. The Morgan fingerprint density at radius 2 is 1.97 bits per heavy atom. The Morgan fingerprint density at radius 3 is 2.66 bits per heavy atom. The van der Waals surface area contributed by atoms with E-state index in [0.717, 1.165) is 30.9 Å². The molecular weight excluding hydrogens is 481 g/mol. The number of unbranched alkanes of at least 4 members (excludes halogenated alkanes) is 3. The van der Waals surface area contributed by atoms with Crippen LogP contribution in [0.15, 0.2) is 27.7 Å². The van der Waals surface area contributed by atoms with Gasteiger partial charge in [-0.2, -0.15) is 4.98 Å². The van der Waals surface area contributed by atoms with Crippen LogP contribution in [-0.4, -0.2) is 29.3 Å². The van der Waals surface area contributed by atoms with Gasteiger partial charge in [-0.3, -0.25) is 0 Å². The molecular formula is C21H34IN5O2. The van der Waals surface area contributed by atoms with Crippen molar-refractivity contribution in [1.29, 1.82) is 0 Å². The summed E-state index contributed by atoms with van der Waals surface area (Å²) >= 11 is 0. The second-order valence-electron chi connectivity index (χ2n) is 6.80. The van der Waals surface area contributed by atoms with Gasteiger partial charge in [0.05, 0.1) is 19.7 Å². The van der Waals surface area contributed by atoms with E-state index in [9.17, 15) is 0 Å². The number of hydrogen-bond donors (Lipinski definition) is 2. The maximum atomic E-state index is 6.05. The molecule has 0 aliphatic carbocycles. The lowest BCUT2D eigenvalue weighted by Crippen LogP contribution is -2.36. The number of nitrogens with one attached hydrogen (secondary N) is 2. The van der Waals surface area contributed by atoms with Crippen LogP contribution in [0.1, 0.15) is 62.4 Å². The first-order chi connectivity index (χ1) is 13.6. The molecule has 1 heterocycles. The minimum absolute atomic E-state index is 0. The summed E-state index contributed by atoms with van der Waals surface area (Å²) in [6.45, 7) is 10.6. The molecule has 0 radical (unpaired) electrons. The molecule has 0 saturated heterocycles. The van der Waals surface area contributed by atoms with Crippen molar-refractivity contribution in [2.24, 2.45) is 4.99 Å². The Balaban J connectivity index is 0.00000420. The van der Waals surface area contributed by atoms with Crippen LogP contribution in [-0.2, 0) is 13.1 Å². The largest absolute Gasteiger partial charge is 0.493 e. The van der Waals surface area contributed by atoms with Crippen LogP contribution >= 0.6 is 24.0 Å². The maximum absolute atomic E-state index is 6.05. The second kappa shape index (κ2) is 14.2. The number of aliphatic imine (C=N–C) groups is 1. The molecule has 0 atom stereocenters. The van der Waals surface area contributed by atoms with E-state index in [-0.39, 0.29) is 24.0 Å². The van der Waals surface area contributed by atoms with Crippen molar-refractivity contribution < 1.29 is 9.26 Å². The summed E-state index contributed by atoms with van der Waals surface area (Å²) in [5.41, 5.74) is 2.26. The van der Waals surface area contributed by atoms with E-state index in [2.05, 4.69) is 57.8 Å². The van der Waals surface area contributed by atoms with E-state index in [1.54, 1.807) is 6.92 Å². The van der Waals surface area contributed by atoms with Crippen LogP contribution in [0.25, 0.3) is 0 Å². The first kappa shape index (κ1) is 25.2. The third-order valence-electron chi connectivity index (χ3n) is 4.21. The molecule has 1 aromatic heterocycles. The Bertz CT molecular complexity index is 748. The zero-order chi connectivity index (χ0) is 20.2. The number of ether oxygens (including phenoxy) is 1. The number of aromatic nitrogens is 2. The highest BCUT2D eigenvalue weighted by Crippen LogP contribution is 2.22. The lowest BCUT2D eigenvalue weighted by atomic mass is 10.1.